The lowest BCUT2D eigenvalue weighted by Crippen LogP contribution is -2.46. The van der Waals surface area contributed by atoms with Crippen LogP contribution in [-0.4, -0.2) is 28.5 Å². The van der Waals surface area contributed by atoms with E-state index >= 15 is 0 Å². The van der Waals surface area contributed by atoms with Crippen LogP contribution in [-0.2, 0) is 18.2 Å². The number of aryl methyl sites for hydroxylation is 2. The zero-order valence-corrected chi connectivity index (χ0v) is 13.6. The summed E-state index contributed by atoms with van der Waals surface area (Å²) in [6.45, 7) is 11.0. The first kappa shape index (κ1) is 16.5. The van der Waals surface area contributed by atoms with Crippen molar-refractivity contribution in [1.82, 2.24) is 9.78 Å². The quantitative estimate of drug-likeness (QED) is 0.906. The Balaban J connectivity index is 2.90. The number of hydrogen-bond donors (Lipinski definition) is 1. The van der Waals surface area contributed by atoms with Crippen LogP contribution in [0.5, 0.6) is 0 Å². The average molecular weight is 288 g/mol. The van der Waals surface area contributed by atoms with Crippen molar-refractivity contribution >= 4 is 11.6 Å². The predicted molar refractivity (Wildman–Crippen MR) is 79.5 cm³/mol. The molecule has 5 heteroatoms. The SMILES string of the molecule is CCOC(C(N)Cc1c(C)nn(C)c1Cl)C(C)(C)C. The molecule has 0 saturated carbocycles. The minimum absolute atomic E-state index is 0.00197. The van der Waals surface area contributed by atoms with E-state index in [9.17, 15) is 0 Å². The first-order valence-electron chi connectivity index (χ1n) is 6.73. The van der Waals surface area contributed by atoms with Gasteiger partial charge in [-0.3, -0.25) is 4.68 Å². The van der Waals surface area contributed by atoms with Crippen molar-refractivity contribution in [2.45, 2.75) is 53.2 Å². The highest BCUT2D eigenvalue weighted by molar-refractivity contribution is 6.30. The molecule has 0 amide bonds. The molecule has 2 atom stereocenters. The molecule has 2 N–H and O–H groups in total. The molecular formula is C14H26ClN3O. The Morgan fingerprint density at radius 3 is 2.37 bits per heavy atom. The molecule has 1 heterocycles. The van der Waals surface area contributed by atoms with Crippen molar-refractivity contribution in [3.8, 4) is 0 Å². The van der Waals surface area contributed by atoms with E-state index in [1.54, 1.807) is 4.68 Å². The van der Waals surface area contributed by atoms with Crippen LogP contribution in [0.4, 0.5) is 0 Å². The number of nitrogens with two attached hydrogens (primary N) is 1. The molecule has 0 aliphatic heterocycles. The maximum absolute atomic E-state index is 6.35. The molecule has 0 bridgehead atoms. The topological polar surface area (TPSA) is 53.1 Å². The smallest absolute Gasteiger partial charge is 0.130 e. The fraction of sp³-hybridized carbons (Fsp3) is 0.786. The zero-order valence-electron chi connectivity index (χ0n) is 12.8. The largest absolute Gasteiger partial charge is 0.376 e. The Hall–Kier alpha value is -0.580. The number of ether oxygens (including phenoxy) is 1. The Bertz CT molecular complexity index is 423. The van der Waals surface area contributed by atoms with E-state index in [1.807, 2.05) is 20.9 Å². The molecule has 110 valence electrons. The molecule has 1 aromatic rings. The van der Waals surface area contributed by atoms with Gasteiger partial charge >= 0.3 is 0 Å². The van der Waals surface area contributed by atoms with E-state index in [0.717, 1.165) is 11.3 Å². The van der Waals surface area contributed by atoms with Crippen LogP contribution in [0.15, 0.2) is 0 Å². The highest BCUT2D eigenvalue weighted by atomic mass is 35.5. The number of rotatable bonds is 5. The van der Waals surface area contributed by atoms with Crippen molar-refractivity contribution in [2.24, 2.45) is 18.2 Å². The summed E-state index contributed by atoms with van der Waals surface area (Å²) in [7, 11) is 1.84. The van der Waals surface area contributed by atoms with Crippen LogP contribution in [0.25, 0.3) is 0 Å². The Morgan fingerprint density at radius 1 is 1.42 bits per heavy atom. The summed E-state index contributed by atoms with van der Waals surface area (Å²) in [4.78, 5) is 0. The molecule has 0 radical (unpaired) electrons. The second kappa shape index (κ2) is 6.25. The van der Waals surface area contributed by atoms with Crippen LogP contribution in [0, 0.1) is 12.3 Å². The van der Waals surface area contributed by atoms with Crippen LogP contribution in [0.1, 0.15) is 39.0 Å². The maximum atomic E-state index is 6.35. The minimum Gasteiger partial charge on any atom is -0.376 e. The Labute approximate surface area is 121 Å². The lowest BCUT2D eigenvalue weighted by molar-refractivity contribution is -0.0274. The molecule has 0 fully saturated rings. The molecule has 0 aliphatic rings. The molecular weight excluding hydrogens is 262 g/mol. The van der Waals surface area contributed by atoms with Crippen LogP contribution >= 0.6 is 11.6 Å². The minimum atomic E-state index is -0.0969. The Kier molecular flexibility index (Phi) is 5.42. The van der Waals surface area contributed by atoms with Crippen LogP contribution < -0.4 is 5.73 Å². The summed E-state index contributed by atoms with van der Waals surface area (Å²) in [5.41, 5.74) is 8.30. The summed E-state index contributed by atoms with van der Waals surface area (Å²) >= 11 is 6.26. The van der Waals surface area contributed by atoms with E-state index in [1.165, 1.54) is 0 Å². The van der Waals surface area contributed by atoms with Crippen molar-refractivity contribution in [1.29, 1.82) is 0 Å². The van der Waals surface area contributed by atoms with E-state index in [0.29, 0.717) is 18.2 Å². The van der Waals surface area contributed by atoms with Gasteiger partial charge in [0.15, 0.2) is 0 Å². The molecule has 1 rings (SSSR count). The monoisotopic (exact) mass is 287 g/mol. The van der Waals surface area contributed by atoms with Crippen LogP contribution in [0.3, 0.4) is 0 Å². The summed E-state index contributed by atoms with van der Waals surface area (Å²) in [6, 6.07) is -0.0969. The lowest BCUT2D eigenvalue weighted by Gasteiger charge is -2.35. The van der Waals surface area contributed by atoms with Gasteiger partial charge < -0.3 is 10.5 Å². The summed E-state index contributed by atoms with van der Waals surface area (Å²) in [5, 5.41) is 4.98. The molecule has 2 unspecified atom stereocenters. The third kappa shape index (κ3) is 3.94. The van der Waals surface area contributed by atoms with Gasteiger partial charge in [-0.1, -0.05) is 32.4 Å². The van der Waals surface area contributed by atoms with Gasteiger partial charge in [0.05, 0.1) is 11.8 Å². The first-order valence-corrected chi connectivity index (χ1v) is 7.11. The molecule has 0 saturated heterocycles. The standard InChI is InChI=1S/C14H26ClN3O/c1-7-19-12(14(3,4)5)11(16)8-10-9(2)17-18(6)13(10)15/h11-12H,7-8,16H2,1-6H3. The van der Waals surface area contributed by atoms with Crippen molar-refractivity contribution in [3.63, 3.8) is 0 Å². The van der Waals surface area contributed by atoms with Gasteiger partial charge in [0.1, 0.15) is 5.15 Å². The summed E-state index contributed by atoms with van der Waals surface area (Å²) in [5.74, 6) is 0. The van der Waals surface area contributed by atoms with Gasteiger partial charge in [0.2, 0.25) is 0 Å². The average Bonchev–Trinajstić information content (AvgIpc) is 2.51. The van der Waals surface area contributed by atoms with Crippen LogP contribution in [0.2, 0.25) is 5.15 Å². The number of nitrogens with zero attached hydrogens (tertiary/aromatic N) is 2. The molecule has 1 aromatic heterocycles. The third-order valence-corrected chi connectivity index (χ3v) is 3.77. The van der Waals surface area contributed by atoms with Crippen molar-refractivity contribution in [2.75, 3.05) is 6.61 Å². The normalized spacial score (nSPS) is 15.6. The molecule has 4 nitrogen and oxygen atoms in total. The number of halogens is 1. The van der Waals surface area contributed by atoms with Gasteiger partial charge in [-0.25, -0.2) is 0 Å². The van der Waals surface area contributed by atoms with E-state index < -0.39 is 0 Å². The second-order valence-electron chi connectivity index (χ2n) is 6.09. The van der Waals surface area contributed by atoms with E-state index in [4.69, 9.17) is 22.1 Å². The molecule has 0 aliphatic carbocycles. The third-order valence-electron chi connectivity index (χ3n) is 3.30. The summed E-state index contributed by atoms with van der Waals surface area (Å²) < 4.78 is 7.52. The second-order valence-corrected chi connectivity index (χ2v) is 6.45. The highest BCUT2D eigenvalue weighted by Gasteiger charge is 2.32. The van der Waals surface area contributed by atoms with Gasteiger partial charge in [-0.2, -0.15) is 5.10 Å². The van der Waals surface area contributed by atoms with Crippen molar-refractivity contribution in [3.05, 3.63) is 16.4 Å². The Morgan fingerprint density at radius 2 is 2.00 bits per heavy atom. The fourth-order valence-corrected chi connectivity index (χ4v) is 2.70. The first-order chi connectivity index (χ1) is 8.68. The van der Waals surface area contributed by atoms with Gasteiger partial charge in [0, 0.05) is 25.3 Å². The lowest BCUT2D eigenvalue weighted by atomic mass is 9.83. The maximum Gasteiger partial charge on any atom is 0.130 e. The predicted octanol–water partition coefficient (Wildman–Crippen LogP) is 2.70. The summed E-state index contributed by atoms with van der Waals surface area (Å²) in [6.07, 6.45) is 0.675. The van der Waals surface area contributed by atoms with Gasteiger partial charge in [-0.05, 0) is 25.7 Å². The molecule has 0 aromatic carbocycles. The number of aromatic nitrogens is 2. The van der Waals surface area contributed by atoms with Crippen molar-refractivity contribution < 1.29 is 4.74 Å². The van der Waals surface area contributed by atoms with E-state index in [2.05, 4.69) is 25.9 Å². The number of hydrogen-bond acceptors (Lipinski definition) is 3. The highest BCUT2D eigenvalue weighted by Crippen LogP contribution is 2.28. The van der Waals surface area contributed by atoms with Gasteiger partial charge in [0.25, 0.3) is 0 Å². The fourth-order valence-electron chi connectivity index (χ4n) is 2.44. The van der Waals surface area contributed by atoms with Gasteiger partial charge in [-0.15, -0.1) is 0 Å². The molecule has 0 spiro atoms. The molecule has 19 heavy (non-hydrogen) atoms. The van der Waals surface area contributed by atoms with E-state index in [-0.39, 0.29) is 17.6 Å². The zero-order chi connectivity index (χ0) is 14.8.